The molecule has 0 aliphatic heterocycles. The monoisotopic (exact) mass is 361 g/mol. The van der Waals surface area contributed by atoms with Crippen molar-refractivity contribution in [2.45, 2.75) is 26.3 Å². The number of nitrogens with zero attached hydrogens (tertiary/aromatic N) is 4. The first kappa shape index (κ1) is 17.0. The molecule has 0 unspecified atom stereocenters. The average Bonchev–Trinajstić information content (AvgIpc) is 3.31. The Morgan fingerprint density at radius 2 is 2.11 bits per heavy atom. The Morgan fingerprint density at radius 3 is 2.96 bits per heavy atom. The topological polar surface area (TPSA) is 85.3 Å². The molecule has 4 rings (SSSR count). The lowest BCUT2D eigenvalue weighted by molar-refractivity contribution is -0.121. The van der Waals surface area contributed by atoms with Gasteiger partial charge in [0.05, 0.1) is 12.2 Å². The maximum Gasteiger partial charge on any atom is 0.246 e. The van der Waals surface area contributed by atoms with Crippen LogP contribution in [0.3, 0.4) is 0 Å². The Kier molecular flexibility index (Phi) is 4.65. The highest BCUT2D eigenvalue weighted by Gasteiger charge is 2.11. The van der Waals surface area contributed by atoms with Crippen molar-refractivity contribution in [1.29, 1.82) is 0 Å². The van der Waals surface area contributed by atoms with E-state index in [9.17, 15) is 4.79 Å². The number of rotatable bonds is 6. The Morgan fingerprint density at radius 1 is 1.19 bits per heavy atom. The van der Waals surface area contributed by atoms with E-state index in [-0.39, 0.29) is 12.5 Å². The third kappa shape index (κ3) is 4.03. The van der Waals surface area contributed by atoms with Crippen molar-refractivity contribution in [3.63, 3.8) is 0 Å². The maximum absolute atomic E-state index is 12.1. The fourth-order valence-corrected chi connectivity index (χ4v) is 2.84. The molecule has 0 aliphatic carbocycles. The summed E-state index contributed by atoms with van der Waals surface area (Å²) in [5.41, 5.74) is 3.78. The summed E-state index contributed by atoms with van der Waals surface area (Å²) in [6, 6.07) is 13.7. The molecule has 7 heteroatoms. The Hall–Kier alpha value is -3.48. The van der Waals surface area contributed by atoms with Gasteiger partial charge in [-0.15, -0.1) is 0 Å². The average molecular weight is 361 g/mol. The number of benzene rings is 1. The zero-order valence-electron chi connectivity index (χ0n) is 14.9. The SMILES string of the molecule is Cc1cccc(-c2noc(CNC(=O)CCc3cn4ccccc4n3)n2)c1. The lowest BCUT2D eigenvalue weighted by Gasteiger charge is -2.00. The summed E-state index contributed by atoms with van der Waals surface area (Å²) in [6.45, 7) is 2.22. The molecule has 0 saturated heterocycles. The van der Waals surface area contributed by atoms with E-state index in [1.807, 2.05) is 66.2 Å². The van der Waals surface area contributed by atoms with Crippen molar-refractivity contribution in [2.24, 2.45) is 0 Å². The molecule has 0 saturated carbocycles. The molecule has 4 aromatic rings. The van der Waals surface area contributed by atoms with Crippen LogP contribution in [0.25, 0.3) is 17.0 Å². The van der Waals surface area contributed by atoms with Gasteiger partial charge in [-0.2, -0.15) is 4.98 Å². The Balaban J connectivity index is 1.30. The number of pyridine rings is 1. The molecule has 0 bridgehead atoms. The van der Waals surface area contributed by atoms with Crippen LogP contribution in [-0.2, 0) is 17.8 Å². The number of amides is 1. The summed E-state index contributed by atoms with van der Waals surface area (Å²) < 4.78 is 7.16. The van der Waals surface area contributed by atoms with Gasteiger partial charge in [0.15, 0.2) is 0 Å². The molecule has 3 aromatic heterocycles. The highest BCUT2D eigenvalue weighted by atomic mass is 16.5. The van der Waals surface area contributed by atoms with Crippen LogP contribution in [0.4, 0.5) is 0 Å². The van der Waals surface area contributed by atoms with Gasteiger partial charge in [0.25, 0.3) is 0 Å². The van der Waals surface area contributed by atoms with Gasteiger partial charge < -0.3 is 14.2 Å². The molecule has 1 amide bonds. The minimum atomic E-state index is -0.0811. The maximum atomic E-state index is 12.1. The Bertz CT molecular complexity index is 1050. The number of carbonyl (C=O) groups is 1. The first-order chi connectivity index (χ1) is 13.2. The largest absolute Gasteiger partial charge is 0.347 e. The molecular formula is C20H19N5O2. The summed E-state index contributed by atoms with van der Waals surface area (Å²) in [5.74, 6) is 0.822. The summed E-state index contributed by atoms with van der Waals surface area (Å²) in [4.78, 5) is 20.9. The molecule has 27 heavy (non-hydrogen) atoms. The number of imidazole rings is 1. The smallest absolute Gasteiger partial charge is 0.246 e. The highest BCUT2D eigenvalue weighted by Crippen LogP contribution is 2.16. The van der Waals surface area contributed by atoms with Gasteiger partial charge in [0, 0.05) is 24.4 Å². The Labute approximate surface area is 156 Å². The van der Waals surface area contributed by atoms with Gasteiger partial charge in [-0.1, -0.05) is 35.0 Å². The van der Waals surface area contributed by atoms with Crippen LogP contribution in [0.1, 0.15) is 23.6 Å². The van der Waals surface area contributed by atoms with E-state index in [1.54, 1.807) is 0 Å². The zero-order valence-corrected chi connectivity index (χ0v) is 14.9. The molecule has 0 aliphatic rings. The molecule has 136 valence electrons. The van der Waals surface area contributed by atoms with Crippen molar-refractivity contribution in [3.05, 3.63) is 72.0 Å². The summed E-state index contributed by atoms with van der Waals surface area (Å²) >= 11 is 0. The van der Waals surface area contributed by atoms with E-state index < -0.39 is 0 Å². The van der Waals surface area contributed by atoms with Crippen molar-refractivity contribution in [1.82, 2.24) is 24.8 Å². The second-order valence-corrected chi connectivity index (χ2v) is 6.36. The molecule has 3 heterocycles. The third-order valence-electron chi connectivity index (χ3n) is 4.20. The zero-order chi connectivity index (χ0) is 18.6. The van der Waals surface area contributed by atoms with Crippen molar-refractivity contribution >= 4 is 11.6 Å². The van der Waals surface area contributed by atoms with Crippen LogP contribution in [0.5, 0.6) is 0 Å². The molecule has 0 atom stereocenters. The molecular weight excluding hydrogens is 342 g/mol. The second kappa shape index (κ2) is 7.41. The van der Waals surface area contributed by atoms with E-state index in [0.717, 1.165) is 22.5 Å². The molecule has 1 N–H and O–H groups in total. The minimum Gasteiger partial charge on any atom is -0.347 e. The predicted octanol–water partition coefficient (Wildman–Crippen LogP) is 2.94. The third-order valence-corrected chi connectivity index (χ3v) is 4.20. The first-order valence-corrected chi connectivity index (χ1v) is 8.76. The van der Waals surface area contributed by atoms with Crippen LogP contribution >= 0.6 is 0 Å². The number of aromatic nitrogens is 4. The van der Waals surface area contributed by atoms with Gasteiger partial charge in [-0.25, -0.2) is 4.98 Å². The number of nitrogens with one attached hydrogen (secondary N) is 1. The van der Waals surface area contributed by atoms with Crippen LogP contribution in [0, 0.1) is 6.92 Å². The van der Waals surface area contributed by atoms with Crippen LogP contribution in [0.2, 0.25) is 0 Å². The van der Waals surface area contributed by atoms with E-state index in [2.05, 4.69) is 20.4 Å². The van der Waals surface area contributed by atoms with Crippen LogP contribution in [0.15, 0.2) is 59.4 Å². The number of fused-ring (bicyclic) bond motifs is 1. The first-order valence-electron chi connectivity index (χ1n) is 8.76. The van der Waals surface area contributed by atoms with Crippen molar-refractivity contribution < 1.29 is 9.32 Å². The lowest BCUT2D eigenvalue weighted by atomic mass is 10.1. The molecule has 7 nitrogen and oxygen atoms in total. The van der Waals surface area contributed by atoms with Crippen molar-refractivity contribution in [2.75, 3.05) is 0 Å². The summed E-state index contributed by atoms with van der Waals surface area (Å²) in [5, 5.41) is 6.78. The van der Waals surface area contributed by atoms with Crippen molar-refractivity contribution in [3.8, 4) is 11.4 Å². The number of carbonyl (C=O) groups excluding carboxylic acids is 1. The fraction of sp³-hybridized carbons (Fsp3) is 0.200. The van der Waals surface area contributed by atoms with E-state index in [4.69, 9.17) is 4.52 Å². The van der Waals surface area contributed by atoms with E-state index in [0.29, 0.717) is 24.6 Å². The molecule has 0 fully saturated rings. The number of hydrogen-bond donors (Lipinski definition) is 1. The lowest BCUT2D eigenvalue weighted by Crippen LogP contribution is -2.23. The normalized spacial score (nSPS) is 11.0. The highest BCUT2D eigenvalue weighted by molar-refractivity contribution is 5.76. The fourth-order valence-electron chi connectivity index (χ4n) is 2.84. The number of aryl methyl sites for hydroxylation is 2. The van der Waals surface area contributed by atoms with E-state index >= 15 is 0 Å². The summed E-state index contributed by atoms with van der Waals surface area (Å²) in [7, 11) is 0. The standard InChI is InChI=1S/C20H19N5O2/c1-14-5-4-6-15(11-14)20-23-19(27-24-20)12-21-18(26)9-8-16-13-25-10-3-2-7-17(25)22-16/h2-7,10-11,13H,8-9,12H2,1H3,(H,21,26). The predicted molar refractivity (Wildman–Crippen MR) is 99.8 cm³/mol. The minimum absolute atomic E-state index is 0.0811. The van der Waals surface area contributed by atoms with Gasteiger partial charge in [0.1, 0.15) is 5.65 Å². The van der Waals surface area contributed by atoms with Crippen LogP contribution < -0.4 is 5.32 Å². The molecule has 0 spiro atoms. The van der Waals surface area contributed by atoms with E-state index in [1.165, 1.54) is 0 Å². The number of hydrogen-bond acceptors (Lipinski definition) is 5. The van der Waals surface area contributed by atoms with Gasteiger partial charge in [0.2, 0.25) is 17.6 Å². The van der Waals surface area contributed by atoms with Gasteiger partial charge in [-0.3, -0.25) is 4.79 Å². The molecule has 1 aromatic carbocycles. The van der Waals surface area contributed by atoms with Gasteiger partial charge >= 0.3 is 0 Å². The van der Waals surface area contributed by atoms with Crippen LogP contribution in [-0.4, -0.2) is 25.4 Å². The van der Waals surface area contributed by atoms with Gasteiger partial charge in [-0.05, 0) is 31.5 Å². The summed E-state index contributed by atoms with van der Waals surface area (Å²) in [6.07, 6.45) is 4.80. The quantitative estimate of drug-likeness (QED) is 0.571. The second-order valence-electron chi connectivity index (χ2n) is 6.36. The molecule has 0 radical (unpaired) electrons.